The first-order chi connectivity index (χ1) is 6.63. The van der Waals surface area contributed by atoms with Crippen LogP contribution < -0.4 is 0 Å². The Morgan fingerprint density at radius 2 is 2.07 bits per heavy atom. The van der Waals surface area contributed by atoms with E-state index in [1.54, 1.807) is 13.4 Å². The van der Waals surface area contributed by atoms with E-state index < -0.39 is 10.8 Å². The number of ether oxygens (including phenoxy) is 2. The minimum absolute atomic E-state index is 0.0160. The van der Waals surface area contributed by atoms with Gasteiger partial charge in [0, 0.05) is 24.2 Å². The van der Waals surface area contributed by atoms with Gasteiger partial charge in [-0.1, -0.05) is 6.92 Å². The van der Waals surface area contributed by atoms with Crippen LogP contribution in [0.2, 0.25) is 0 Å². The predicted molar refractivity (Wildman–Crippen MR) is 56.8 cm³/mol. The van der Waals surface area contributed by atoms with E-state index >= 15 is 0 Å². The number of rotatable bonds is 8. The Hall–Kier alpha value is 0.0300. The predicted octanol–water partition coefficient (Wildman–Crippen LogP) is 0.167. The van der Waals surface area contributed by atoms with Crippen LogP contribution in [0.4, 0.5) is 0 Å². The molecule has 14 heavy (non-hydrogen) atoms. The van der Waals surface area contributed by atoms with E-state index in [-0.39, 0.29) is 18.8 Å². The highest BCUT2D eigenvalue weighted by molar-refractivity contribution is 7.84. The summed E-state index contributed by atoms with van der Waals surface area (Å²) in [5.74, 6) is 0.471. The second kappa shape index (κ2) is 8.35. The largest absolute Gasteiger partial charge is 0.394 e. The zero-order valence-corrected chi connectivity index (χ0v) is 9.88. The number of hydrogen-bond donors (Lipinski definition) is 1. The van der Waals surface area contributed by atoms with Gasteiger partial charge in [0.2, 0.25) is 0 Å². The lowest BCUT2D eigenvalue weighted by atomic mass is 10.3. The Bertz CT molecular complexity index is 159. The Kier molecular flexibility index (Phi) is 8.37. The lowest BCUT2D eigenvalue weighted by Gasteiger charge is -2.18. The summed E-state index contributed by atoms with van der Waals surface area (Å²) in [5, 5.41) is 8.87. The van der Waals surface area contributed by atoms with Crippen LogP contribution in [0, 0.1) is 0 Å². The fourth-order valence-corrected chi connectivity index (χ4v) is 1.74. The summed E-state index contributed by atoms with van der Waals surface area (Å²) >= 11 is 0. The molecule has 0 heterocycles. The van der Waals surface area contributed by atoms with Crippen molar-refractivity contribution < 1.29 is 18.8 Å². The van der Waals surface area contributed by atoms with Crippen molar-refractivity contribution in [1.82, 2.24) is 0 Å². The smallest absolute Gasteiger partial charge is 0.0919 e. The summed E-state index contributed by atoms with van der Waals surface area (Å²) in [5.41, 5.74) is 0. The Morgan fingerprint density at radius 1 is 1.43 bits per heavy atom. The number of aliphatic hydroxyl groups is 1. The molecule has 0 spiro atoms. The van der Waals surface area contributed by atoms with Crippen LogP contribution in [0.15, 0.2) is 0 Å². The third kappa shape index (κ3) is 6.48. The molecule has 0 aliphatic rings. The van der Waals surface area contributed by atoms with Crippen molar-refractivity contribution in [3.05, 3.63) is 0 Å². The molecule has 1 N–H and O–H groups in total. The van der Waals surface area contributed by atoms with Gasteiger partial charge in [0.25, 0.3) is 0 Å². The molecule has 0 saturated heterocycles. The monoisotopic (exact) mass is 224 g/mol. The van der Waals surface area contributed by atoms with E-state index in [4.69, 9.17) is 14.6 Å². The molecule has 0 rings (SSSR count). The van der Waals surface area contributed by atoms with Crippen LogP contribution in [-0.4, -0.2) is 53.9 Å². The number of aliphatic hydroxyl groups excluding tert-OH is 1. The minimum atomic E-state index is -0.882. The van der Waals surface area contributed by atoms with Crippen LogP contribution in [0.3, 0.4) is 0 Å². The Labute approximate surface area is 88.1 Å². The summed E-state index contributed by atoms with van der Waals surface area (Å²) < 4.78 is 21.4. The number of methoxy groups -OCH3 is 1. The molecule has 3 unspecified atom stereocenters. The molecule has 0 aliphatic heterocycles. The van der Waals surface area contributed by atoms with E-state index in [2.05, 4.69) is 0 Å². The maximum atomic E-state index is 10.9. The molecule has 0 aliphatic carbocycles. The quantitative estimate of drug-likeness (QED) is 0.638. The van der Waals surface area contributed by atoms with Crippen molar-refractivity contribution in [1.29, 1.82) is 0 Å². The van der Waals surface area contributed by atoms with Crippen molar-refractivity contribution in [3.8, 4) is 0 Å². The molecule has 0 saturated carbocycles. The lowest BCUT2D eigenvalue weighted by molar-refractivity contribution is -0.0388. The van der Waals surface area contributed by atoms with Crippen LogP contribution in [0.5, 0.6) is 0 Å². The summed E-state index contributed by atoms with van der Waals surface area (Å²) in [6.07, 6.45) is 2.11. The highest BCUT2D eigenvalue weighted by atomic mass is 32.2. The van der Waals surface area contributed by atoms with Gasteiger partial charge >= 0.3 is 0 Å². The molecule has 3 atom stereocenters. The number of hydrogen-bond acceptors (Lipinski definition) is 4. The maximum Gasteiger partial charge on any atom is 0.0919 e. The van der Waals surface area contributed by atoms with Crippen molar-refractivity contribution in [2.75, 3.05) is 32.3 Å². The molecule has 5 heteroatoms. The average molecular weight is 224 g/mol. The van der Waals surface area contributed by atoms with E-state index in [1.165, 1.54) is 0 Å². The second-order valence-corrected chi connectivity index (χ2v) is 4.62. The fraction of sp³-hybridized carbons (Fsp3) is 1.00. The highest BCUT2D eigenvalue weighted by Crippen LogP contribution is 2.01. The fourth-order valence-electron chi connectivity index (χ4n) is 0.989. The van der Waals surface area contributed by atoms with Crippen LogP contribution in [0.25, 0.3) is 0 Å². The van der Waals surface area contributed by atoms with E-state index in [9.17, 15) is 4.21 Å². The first-order valence-electron chi connectivity index (χ1n) is 4.69. The molecule has 0 fully saturated rings. The van der Waals surface area contributed by atoms with Gasteiger partial charge in [0.15, 0.2) is 0 Å². The van der Waals surface area contributed by atoms with Crippen LogP contribution >= 0.6 is 0 Å². The topological polar surface area (TPSA) is 55.8 Å². The van der Waals surface area contributed by atoms with E-state index in [0.717, 1.165) is 6.42 Å². The lowest BCUT2D eigenvalue weighted by Crippen LogP contribution is -2.29. The van der Waals surface area contributed by atoms with Gasteiger partial charge < -0.3 is 14.6 Å². The standard InChI is InChI=1S/C9H20O4S/c1-4-8(5-10)13-6-9(12-2)7-14(3)11/h8-10H,4-7H2,1-3H3. The molecular formula is C9H20O4S. The van der Waals surface area contributed by atoms with Crippen molar-refractivity contribution in [2.45, 2.75) is 25.6 Å². The first kappa shape index (κ1) is 14.0. The zero-order valence-electron chi connectivity index (χ0n) is 9.06. The van der Waals surface area contributed by atoms with Gasteiger partial charge in [-0.25, -0.2) is 0 Å². The van der Waals surface area contributed by atoms with Crippen molar-refractivity contribution >= 4 is 10.8 Å². The van der Waals surface area contributed by atoms with Crippen LogP contribution in [-0.2, 0) is 20.3 Å². The summed E-state index contributed by atoms with van der Waals surface area (Å²) in [6, 6.07) is 0. The minimum Gasteiger partial charge on any atom is -0.394 e. The van der Waals surface area contributed by atoms with Crippen molar-refractivity contribution in [3.63, 3.8) is 0 Å². The molecule has 4 nitrogen and oxygen atoms in total. The summed E-state index contributed by atoms with van der Waals surface area (Å²) in [6.45, 7) is 2.35. The molecule has 0 aromatic carbocycles. The first-order valence-corrected chi connectivity index (χ1v) is 6.42. The molecule has 0 radical (unpaired) electrons. The van der Waals surface area contributed by atoms with Gasteiger partial charge in [0.1, 0.15) is 0 Å². The Balaban J connectivity index is 3.76. The van der Waals surface area contributed by atoms with E-state index in [0.29, 0.717) is 12.4 Å². The van der Waals surface area contributed by atoms with Crippen LogP contribution in [0.1, 0.15) is 13.3 Å². The SMILES string of the molecule is CCC(CO)OCC(CS(C)=O)OC. The summed E-state index contributed by atoms with van der Waals surface area (Å²) in [4.78, 5) is 0. The third-order valence-corrected chi connectivity index (χ3v) is 2.77. The molecule has 0 amide bonds. The van der Waals surface area contributed by atoms with Gasteiger partial charge in [-0.2, -0.15) is 0 Å². The molecular weight excluding hydrogens is 204 g/mol. The molecule has 0 aromatic heterocycles. The third-order valence-electron chi connectivity index (χ3n) is 1.93. The summed E-state index contributed by atoms with van der Waals surface area (Å²) in [7, 11) is 0.689. The molecule has 0 aromatic rings. The maximum absolute atomic E-state index is 10.9. The van der Waals surface area contributed by atoms with Crippen molar-refractivity contribution in [2.24, 2.45) is 0 Å². The van der Waals surface area contributed by atoms with Gasteiger partial charge in [-0.05, 0) is 6.42 Å². The zero-order chi connectivity index (χ0) is 11.0. The van der Waals surface area contributed by atoms with Gasteiger partial charge in [0.05, 0.1) is 31.2 Å². The molecule has 0 bridgehead atoms. The average Bonchev–Trinajstić information content (AvgIpc) is 2.17. The molecule has 86 valence electrons. The van der Waals surface area contributed by atoms with Gasteiger partial charge in [-0.3, -0.25) is 4.21 Å². The van der Waals surface area contributed by atoms with E-state index in [1.807, 2.05) is 6.92 Å². The Morgan fingerprint density at radius 3 is 2.43 bits per heavy atom. The highest BCUT2D eigenvalue weighted by Gasteiger charge is 2.12. The second-order valence-electron chi connectivity index (χ2n) is 3.14. The normalized spacial score (nSPS) is 17.7. The van der Waals surface area contributed by atoms with Gasteiger partial charge in [-0.15, -0.1) is 0 Å².